The van der Waals surface area contributed by atoms with Crippen LogP contribution in [0.15, 0.2) is 24.3 Å². The van der Waals surface area contributed by atoms with Crippen LogP contribution < -0.4 is 5.32 Å². The van der Waals surface area contributed by atoms with Crippen molar-refractivity contribution in [2.75, 3.05) is 25.0 Å². The lowest BCUT2D eigenvalue weighted by Gasteiger charge is -2.32. The fraction of sp³-hybridized carbons (Fsp3) is 0.533. The van der Waals surface area contributed by atoms with Crippen LogP contribution in [0.3, 0.4) is 0 Å². The van der Waals surface area contributed by atoms with Gasteiger partial charge in [0.2, 0.25) is 0 Å². The van der Waals surface area contributed by atoms with E-state index in [2.05, 4.69) is 40.3 Å². The van der Waals surface area contributed by atoms with Crippen molar-refractivity contribution in [2.24, 2.45) is 0 Å². The quantitative estimate of drug-likeness (QED) is 0.924. The molecule has 0 amide bonds. The van der Waals surface area contributed by atoms with Gasteiger partial charge in [0.25, 0.3) is 0 Å². The number of para-hydroxylation sites is 1. The topological polar surface area (TPSA) is 28.2 Å². The zero-order valence-corrected chi connectivity index (χ0v) is 12.2. The van der Waals surface area contributed by atoms with Crippen LogP contribution in [0.2, 0.25) is 0 Å². The summed E-state index contributed by atoms with van der Waals surface area (Å²) in [5.74, 6) is 0. The molecule has 0 aliphatic carbocycles. The monoisotopic (exact) mass is 275 g/mol. The number of fused-ring (bicyclic) bond motifs is 1. The Morgan fingerprint density at radius 1 is 1.26 bits per heavy atom. The maximum Gasteiger partial charge on any atom is 0.183 e. The summed E-state index contributed by atoms with van der Waals surface area (Å²) in [7, 11) is 0. The van der Waals surface area contributed by atoms with Crippen LogP contribution in [-0.4, -0.2) is 35.6 Å². The molecule has 1 aromatic heterocycles. The van der Waals surface area contributed by atoms with Gasteiger partial charge in [0.15, 0.2) is 5.13 Å². The number of hydrogen-bond acceptors (Lipinski definition) is 4. The maximum atomic E-state index is 4.62. The van der Waals surface area contributed by atoms with E-state index in [0.717, 1.165) is 17.2 Å². The minimum absolute atomic E-state index is 0.590. The van der Waals surface area contributed by atoms with Crippen molar-refractivity contribution in [3.8, 4) is 0 Å². The highest BCUT2D eigenvalue weighted by Gasteiger charge is 2.16. The Morgan fingerprint density at radius 3 is 2.84 bits per heavy atom. The Kier molecular flexibility index (Phi) is 3.99. The molecule has 19 heavy (non-hydrogen) atoms. The van der Waals surface area contributed by atoms with Crippen LogP contribution >= 0.6 is 11.3 Å². The van der Waals surface area contributed by atoms with E-state index in [-0.39, 0.29) is 0 Å². The molecule has 0 bridgehead atoms. The van der Waals surface area contributed by atoms with E-state index in [1.807, 2.05) is 6.07 Å². The molecular formula is C15H21N3S. The summed E-state index contributed by atoms with van der Waals surface area (Å²) in [5, 5.41) is 4.54. The second-order valence-electron chi connectivity index (χ2n) is 5.31. The maximum absolute atomic E-state index is 4.62. The van der Waals surface area contributed by atoms with Crippen molar-refractivity contribution in [2.45, 2.75) is 32.2 Å². The van der Waals surface area contributed by atoms with Gasteiger partial charge in [0.05, 0.1) is 10.2 Å². The Bertz CT molecular complexity index is 498. The van der Waals surface area contributed by atoms with Gasteiger partial charge in [-0.05, 0) is 45.0 Å². The van der Waals surface area contributed by atoms with E-state index in [9.17, 15) is 0 Å². The Balaban J connectivity index is 1.58. The van der Waals surface area contributed by atoms with Crippen molar-refractivity contribution in [3.63, 3.8) is 0 Å². The molecule has 3 rings (SSSR count). The Morgan fingerprint density at radius 2 is 2.05 bits per heavy atom. The lowest BCUT2D eigenvalue weighted by Crippen LogP contribution is -2.41. The van der Waals surface area contributed by atoms with Gasteiger partial charge >= 0.3 is 0 Å². The number of piperidine rings is 1. The van der Waals surface area contributed by atoms with Gasteiger partial charge in [-0.15, -0.1) is 0 Å². The molecule has 1 atom stereocenters. The van der Waals surface area contributed by atoms with Crippen molar-refractivity contribution < 1.29 is 0 Å². The molecular weight excluding hydrogens is 254 g/mol. The Labute approximate surface area is 118 Å². The number of thiazole rings is 1. The van der Waals surface area contributed by atoms with Gasteiger partial charge in [-0.3, -0.25) is 4.90 Å². The molecule has 1 aliphatic rings. The molecule has 4 heteroatoms. The van der Waals surface area contributed by atoms with E-state index >= 15 is 0 Å². The van der Waals surface area contributed by atoms with Crippen molar-refractivity contribution in [1.82, 2.24) is 9.88 Å². The third-order valence-corrected chi connectivity index (χ3v) is 4.85. The molecule has 102 valence electrons. The molecule has 0 saturated carbocycles. The van der Waals surface area contributed by atoms with E-state index in [4.69, 9.17) is 0 Å². The normalized spacial score (nSPS) is 18.6. The summed E-state index contributed by atoms with van der Waals surface area (Å²) in [6, 6.07) is 8.91. The molecule has 0 spiro atoms. The highest BCUT2D eigenvalue weighted by Crippen LogP contribution is 2.25. The van der Waals surface area contributed by atoms with Crippen LogP contribution in [0, 0.1) is 0 Å². The minimum atomic E-state index is 0.590. The van der Waals surface area contributed by atoms with Crippen LogP contribution in [-0.2, 0) is 0 Å². The smallest absolute Gasteiger partial charge is 0.183 e. The summed E-state index contributed by atoms with van der Waals surface area (Å²) >= 11 is 1.75. The number of rotatable bonds is 4. The van der Waals surface area contributed by atoms with Crippen LogP contribution in [0.5, 0.6) is 0 Å². The highest BCUT2D eigenvalue weighted by atomic mass is 32.1. The van der Waals surface area contributed by atoms with Gasteiger partial charge in [-0.2, -0.15) is 0 Å². The molecule has 1 aliphatic heterocycles. The number of anilines is 1. The van der Waals surface area contributed by atoms with Gasteiger partial charge in [0.1, 0.15) is 0 Å². The Hall–Kier alpha value is -1.13. The van der Waals surface area contributed by atoms with Gasteiger partial charge in [-0.25, -0.2) is 4.98 Å². The molecule has 3 nitrogen and oxygen atoms in total. The van der Waals surface area contributed by atoms with E-state index < -0.39 is 0 Å². The summed E-state index contributed by atoms with van der Waals surface area (Å²) in [4.78, 5) is 7.21. The second-order valence-corrected chi connectivity index (χ2v) is 6.34. The fourth-order valence-electron chi connectivity index (χ4n) is 2.67. The predicted molar refractivity (Wildman–Crippen MR) is 83.0 cm³/mol. The summed E-state index contributed by atoms with van der Waals surface area (Å²) in [6.45, 7) is 5.80. The van der Waals surface area contributed by atoms with Crippen molar-refractivity contribution in [1.29, 1.82) is 0 Å². The zero-order valence-electron chi connectivity index (χ0n) is 11.4. The van der Waals surface area contributed by atoms with Gasteiger partial charge < -0.3 is 5.32 Å². The molecule has 2 aromatic rings. The van der Waals surface area contributed by atoms with Crippen LogP contribution in [0.1, 0.15) is 26.2 Å². The molecule has 1 saturated heterocycles. The first kappa shape index (κ1) is 12.9. The standard InChI is InChI=1S/C15H21N3S/c1-12(18-9-5-2-6-10-18)11-16-15-17-13-7-3-4-8-14(13)19-15/h3-4,7-8,12H,2,5-6,9-11H2,1H3,(H,16,17). The third-order valence-electron chi connectivity index (χ3n) is 3.86. The van der Waals surface area contributed by atoms with Crippen molar-refractivity contribution in [3.05, 3.63) is 24.3 Å². The number of hydrogen-bond donors (Lipinski definition) is 1. The van der Waals surface area contributed by atoms with Gasteiger partial charge in [0, 0.05) is 12.6 Å². The number of benzene rings is 1. The molecule has 2 heterocycles. The first-order chi connectivity index (χ1) is 9.33. The largest absolute Gasteiger partial charge is 0.360 e. The zero-order chi connectivity index (χ0) is 13.1. The molecule has 1 unspecified atom stereocenters. The molecule has 0 radical (unpaired) electrons. The van der Waals surface area contributed by atoms with E-state index in [1.165, 1.54) is 37.1 Å². The number of likely N-dealkylation sites (tertiary alicyclic amines) is 1. The van der Waals surface area contributed by atoms with E-state index in [1.54, 1.807) is 11.3 Å². The molecule has 1 aromatic carbocycles. The molecule has 1 fully saturated rings. The fourth-order valence-corrected chi connectivity index (χ4v) is 3.54. The first-order valence-corrected chi connectivity index (χ1v) is 7.98. The predicted octanol–water partition coefficient (Wildman–Crippen LogP) is 3.58. The minimum Gasteiger partial charge on any atom is -0.360 e. The third kappa shape index (κ3) is 3.07. The van der Waals surface area contributed by atoms with E-state index in [0.29, 0.717) is 6.04 Å². The summed E-state index contributed by atoms with van der Waals surface area (Å²) in [5.41, 5.74) is 1.10. The molecule has 1 N–H and O–H groups in total. The lowest BCUT2D eigenvalue weighted by molar-refractivity contribution is 0.180. The van der Waals surface area contributed by atoms with Crippen molar-refractivity contribution >= 4 is 26.7 Å². The number of nitrogens with one attached hydrogen (secondary N) is 1. The summed E-state index contributed by atoms with van der Waals surface area (Å²) < 4.78 is 1.26. The average Bonchev–Trinajstić information content (AvgIpc) is 2.88. The second kappa shape index (κ2) is 5.88. The van der Waals surface area contributed by atoms with Crippen LogP contribution in [0.25, 0.3) is 10.2 Å². The van der Waals surface area contributed by atoms with Crippen LogP contribution in [0.4, 0.5) is 5.13 Å². The number of nitrogens with zero attached hydrogens (tertiary/aromatic N) is 2. The summed E-state index contributed by atoms with van der Waals surface area (Å²) in [6.07, 6.45) is 4.10. The lowest BCUT2D eigenvalue weighted by atomic mass is 10.1. The first-order valence-electron chi connectivity index (χ1n) is 7.16. The highest BCUT2D eigenvalue weighted by molar-refractivity contribution is 7.22. The number of aromatic nitrogens is 1. The van der Waals surface area contributed by atoms with Gasteiger partial charge in [-0.1, -0.05) is 29.9 Å². The average molecular weight is 275 g/mol. The SMILES string of the molecule is CC(CNc1nc2ccccc2s1)N1CCCCC1.